The maximum Gasteiger partial charge on any atom is 0.127 e. The van der Waals surface area contributed by atoms with Crippen molar-refractivity contribution in [2.45, 2.75) is 53.9 Å². The van der Waals surface area contributed by atoms with Crippen molar-refractivity contribution >= 4 is 5.57 Å². The second kappa shape index (κ2) is 6.78. The molecule has 0 saturated carbocycles. The van der Waals surface area contributed by atoms with E-state index in [0.717, 1.165) is 27.8 Å². The average molecular weight is 339 g/mol. The Morgan fingerprint density at radius 3 is 2.36 bits per heavy atom. The van der Waals surface area contributed by atoms with Gasteiger partial charge in [0.1, 0.15) is 5.82 Å². The van der Waals surface area contributed by atoms with Crippen LogP contribution in [0.3, 0.4) is 0 Å². The molecule has 1 aromatic rings. The minimum absolute atomic E-state index is 0.0816. The molecule has 1 aromatic carbocycles. The van der Waals surface area contributed by atoms with E-state index in [2.05, 4.69) is 79.3 Å². The number of allylic oxidation sites excluding steroid dienone is 7. The largest absolute Gasteiger partial charge is 0.207 e. The fourth-order valence-corrected chi connectivity index (χ4v) is 3.18. The van der Waals surface area contributed by atoms with Crippen LogP contribution in [0.15, 0.2) is 60.2 Å². The van der Waals surface area contributed by atoms with Crippen LogP contribution >= 0.6 is 0 Å². The van der Waals surface area contributed by atoms with Gasteiger partial charge in [0.05, 0.1) is 0 Å². The summed E-state index contributed by atoms with van der Waals surface area (Å²) < 4.78 is 15.0. The first-order valence-electron chi connectivity index (χ1n) is 9.02. The van der Waals surface area contributed by atoms with Gasteiger partial charge < -0.3 is 0 Å². The quantitative estimate of drug-likeness (QED) is 0.545. The van der Waals surface area contributed by atoms with E-state index in [-0.39, 0.29) is 16.6 Å². The zero-order valence-corrected chi connectivity index (χ0v) is 16.7. The van der Waals surface area contributed by atoms with E-state index >= 15 is 0 Å². The Morgan fingerprint density at radius 1 is 1.12 bits per heavy atom. The third kappa shape index (κ3) is 3.71. The summed E-state index contributed by atoms with van der Waals surface area (Å²) in [6.45, 7) is 19.3. The topological polar surface area (TPSA) is 0 Å². The molecule has 0 saturated heterocycles. The normalized spacial score (nSPS) is 18.5. The molecule has 2 rings (SSSR count). The summed E-state index contributed by atoms with van der Waals surface area (Å²) in [5.41, 5.74) is 4.42. The molecule has 134 valence electrons. The molecule has 1 unspecified atom stereocenters. The molecule has 25 heavy (non-hydrogen) atoms. The number of hydrogen-bond acceptors (Lipinski definition) is 0. The number of rotatable bonds is 3. The van der Waals surface area contributed by atoms with Crippen molar-refractivity contribution in [3.05, 3.63) is 77.2 Å². The molecule has 0 fully saturated rings. The summed E-state index contributed by atoms with van der Waals surface area (Å²) in [5, 5.41) is 0. The van der Waals surface area contributed by atoms with Crippen LogP contribution in [0.2, 0.25) is 0 Å². The lowest BCUT2D eigenvalue weighted by Gasteiger charge is -2.41. The van der Waals surface area contributed by atoms with Gasteiger partial charge >= 0.3 is 0 Å². The van der Waals surface area contributed by atoms with E-state index in [1.165, 1.54) is 0 Å². The molecule has 1 aliphatic rings. The van der Waals surface area contributed by atoms with E-state index in [1.807, 2.05) is 6.07 Å². The maximum atomic E-state index is 15.0. The third-order valence-corrected chi connectivity index (χ3v) is 5.78. The first-order valence-corrected chi connectivity index (χ1v) is 9.02. The van der Waals surface area contributed by atoms with Crippen LogP contribution in [0, 0.1) is 17.2 Å². The van der Waals surface area contributed by atoms with E-state index < -0.39 is 0 Å². The lowest BCUT2D eigenvalue weighted by molar-refractivity contribution is 0.218. The summed E-state index contributed by atoms with van der Waals surface area (Å²) in [5.74, 6) is 0.175. The highest BCUT2D eigenvalue weighted by atomic mass is 19.1. The summed E-state index contributed by atoms with van der Waals surface area (Å²) >= 11 is 0. The van der Waals surface area contributed by atoms with Crippen molar-refractivity contribution in [1.29, 1.82) is 0 Å². The molecular formula is C24H31F. The van der Waals surface area contributed by atoms with Gasteiger partial charge in [0.25, 0.3) is 0 Å². The van der Waals surface area contributed by atoms with Crippen molar-refractivity contribution in [3.8, 4) is 0 Å². The van der Waals surface area contributed by atoms with Crippen LogP contribution in [0.4, 0.5) is 4.39 Å². The molecule has 0 radical (unpaired) electrons. The van der Waals surface area contributed by atoms with E-state index in [4.69, 9.17) is 0 Å². The van der Waals surface area contributed by atoms with E-state index in [0.29, 0.717) is 5.92 Å². The first-order chi connectivity index (χ1) is 11.5. The first kappa shape index (κ1) is 19.4. The molecule has 0 spiro atoms. The van der Waals surface area contributed by atoms with Gasteiger partial charge in [0.2, 0.25) is 0 Å². The molecule has 0 aliphatic heterocycles. The Labute approximate surface area is 152 Å². The Balaban J connectivity index is 2.65. The molecule has 0 bridgehead atoms. The van der Waals surface area contributed by atoms with E-state index in [1.54, 1.807) is 12.1 Å². The molecule has 0 amide bonds. The lowest BCUT2D eigenvalue weighted by Crippen LogP contribution is -2.36. The van der Waals surface area contributed by atoms with Crippen LogP contribution < -0.4 is 0 Å². The fourth-order valence-electron chi connectivity index (χ4n) is 3.18. The summed E-state index contributed by atoms with van der Waals surface area (Å²) in [6.07, 6.45) is 8.57. The second-order valence-corrected chi connectivity index (χ2v) is 8.69. The highest BCUT2D eigenvalue weighted by Gasteiger charge is 2.38. The van der Waals surface area contributed by atoms with Crippen molar-refractivity contribution in [1.82, 2.24) is 0 Å². The number of benzene rings is 1. The Bertz CT molecular complexity index is 764. The van der Waals surface area contributed by atoms with Gasteiger partial charge in [-0.1, -0.05) is 84.6 Å². The summed E-state index contributed by atoms with van der Waals surface area (Å²) in [4.78, 5) is 0. The zero-order chi connectivity index (χ0) is 19.0. The van der Waals surface area contributed by atoms with Gasteiger partial charge in [-0.15, -0.1) is 0 Å². The molecule has 0 heterocycles. The van der Waals surface area contributed by atoms with Crippen molar-refractivity contribution in [2.75, 3.05) is 0 Å². The number of halogens is 1. The average Bonchev–Trinajstić information content (AvgIpc) is 2.66. The van der Waals surface area contributed by atoms with Crippen LogP contribution in [0.5, 0.6) is 0 Å². The minimum atomic E-state index is -0.330. The van der Waals surface area contributed by atoms with Crippen LogP contribution in [-0.4, -0.2) is 0 Å². The lowest BCUT2D eigenvalue weighted by atomic mass is 9.63. The van der Waals surface area contributed by atoms with Crippen molar-refractivity contribution in [3.63, 3.8) is 0 Å². The molecular weight excluding hydrogens is 307 g/mol. The smallest absolute Gasteiger partial charge is 0.127 e. The van der Waals surface area contributed by atoms with Crippen LogP contribution in [0.1, 0.15) is 59.6 Å². The molecule has 0 aromatic heterocycles. The maximum absolute atomic E-state index is 15.0. The van der Waals surface area contributed by atoms with Gasteiger partial charge in [0.15, 0.2) is 0 Å². The second-order valence-electron chi connectivity index (χ2n) is 8.69. The van der Waals surface area contributed by atoms with Crippen LogP contribution in [-0.2, 0) is 5.41 Å². The van der Waals surface area contributed by atoms with Gasteiger partial charge in [-0.25, -0.2) is 4.39 Å². The molecule has 0 nitrogen and oxygen atoms in total. The Hall–Kier alpha value is -1.89. The summed E-state index contributed by atoms with van der Waals surface area (Å²) in [7, 11) is 0. The Morgan fingerprint density at radius 2 is 1.76 bits per heavy atom. The zero-order valence-electron chi connectivity index (χ0n) is 16.7. The number of hydrogen-bond donors (Lipinski definition) is 0. The van der Waals surface area contributed by atoms with Gasteiger partial charge in [-0.2, -0.15) is 0 Å². The van der Waals surface area contributed by atoms with Crippen LogP contribution in [0.25, 0.3) is 5.57 Å². The van der Waals surface area contributed by atoms with Gasteiger partial charge in [-0.05, 0) is 52.0 Å². The molecule has 1 aliphatic carbocycles. The monoisotopic (exact) mass is 338 g/mol. The standard InChI is InChI=1S/C24H31F/c1-16-11-9-12-17(2)20(15-16)18(3)19-13-10-14-21(25)22(19)24(7,8)23(4,5)6/h9-16H,3H2,1-2,4-8H3. The van der Waals surface area contributed by atoms with Crippen molar-refractivity contribution < 1.29 is 4.39 Å². The van der Waals surface area contributed by atoms with E-state index in [9.17, 15) is 4.39 Å². The molecule has 1 atom stereocenters. The molecule has 0 N–H and O–H groups in total. The molecule has 1 heteroatoms. The fraction of sp³-hybridized carbons (Fsp3) is 0.417. The van der Waals surface area contributed by atoms with Gasteiger partial charge in [0, 0.05) is 5.56 Å². The predicted octanol–water partition coefficient (Wildman–Crippen LogP) is 7.24. The minimum Gasteiger partial charge on any atom is -0.207 e. The van der Waals surface area contributed by atoms with Gasteiger partial charge in [-0.3, -0.25) is 0 Å². The van der Waals surface area contributed by atoms with Crippen molar-refractivity contribution in [2.24, 2.45) is 11.3 Å². The highest BCUT2D eigenvalue weighted by Crippen LogP contribution is 2.46. The highest BCUT2D eigenvalue weighted by molar-refractivity contribution is 5.84. The summed E-state index contributed by atoms with van der Waals surface area (Å²) in [6, 6.07) is 5.36. The predicted molar refractivity (Wildman–Crippen MR) is 108 cm³/mol. The Kier molecular flexibility index (Phi) is 5.27. The SMILES string of the molecule is C=C(C1=CC(C)C=CC=C1C)c1cccc(F)c1C(C)(C)C(C)(C)C. The third-order valence-electron chi connectivity index (χ3n) is 5.78.